The van der Waals surface area contributed by atoms with Crippen LogP contribution >= 0.6 is 0 Å². The van der Waals surface area contributed by atoms with Gasteiger partial charge in [-0.05, 0) is 73.2 Å². The van der Waals surface area contributed by atoms with Crippen LogP contribution in [0.2, 0.25) is 0 Å². The zero-order valence-corrected chi connectivity index (χ0v) is 14.7. The van der Waals surface area contributed by atoms with Gasteiger partial charge in [-0.3, -0.25) is 4.79 Å². The molecule has 0 spiro atoms. The second-order valence-electron chi connectivity index (χ2n) is 6.50. The third-order valence-corrected chi connectivity index (χ3v) is 4.58. The van der Waals surface area contributed by atoms with Crippen molar-refractivity contribution in [3.05, 3.63) is 53.6 Å². The molecule has 1 unspecified atom stereocenters. The summed E-state index contributed by atoms with van der Waals surface area (Å²) in [6.07, 6.45) is 4.90. The standard InChI is InChI=1S/C21H25NO3/c1-2-3-13-24-17-9-11-18(12-10-17)25-21(23)19-6-4-5-15-7-8-16(22)14-20(15)19/h7-12,14,19H,2-6,13,22H2,1H3. The first-order chi connectivity index (χ1) is 12.2. The molecule has 1 aliphatic carbocycles. The number of benzene rings is 2. The van der Waals surface area contributed by atoms with Crippen LogP contribution in [0.25, 0.3) is 0 Å². The number of hydrogen-bond acceptors (Lipinski definition) is 4. The van der Waals surface area contributed by atoms with E-state index in [4.69, 9.17) is 15.2 Å². The first-order valence-corrected chi connectivity index (χ1v) is 9.00. The number of hydrogen-bond donors (Lipinski definition) is 1. The number of aryl methyl sites for hydroxylation is 1. The molecule has 0 saturated heterocycles. The van der Waals surface area contributed by atoms with Crippen molar-refractivity contribution in [2.75, 3.05) is 12.3 Å². The van der Waals surface area contributed by atoms with Crippen LogP contribution in [0.1, 0.15) is 49.7 Å². The molecule has 0 saturated carbocycles. The van der Waals surface area contributed by atoms with E-state index in [1.165, 1.54) is 5.56 Å². The smallest absolute Gasteiger partial charge is 0.318 e. The summed E-state index contributed by atoms with van der Waals surface area (Å²) in [7, 11) is 0. The van der Waals surface area contributed by atoms with Gasteiger partial charge in [-0.15, -0.1) is 0 Å². The Morgan fingerprint density at radius 2 is 1.92 bits per heavy atom. The van der Waals surface area contributed by atoms with Gasteiger partial charge in [0, 0.05) is 5.69 Å². The first-order valence-electron chi connectivity index (χ1n) is 9.00. The second kappa shape index (κ2) is 8.06. The summed E-state index contributed by atoms with van der Waals surface area (Å²) in [4.78, 5) is 12.6. The lowest BCUT2D eigenvalue weighted by Crippen LogP contribution is -2.23. The summed E-state index contributed by atoms with van der Waals surface area (Å²) in [6, 6.07) is 13.1. The van der Waals surface area contributed by atoms with Crippen LogP contribution in [0.3, 0.4) is 0 Å². The Balaban J connectivity index is 1.66. The van der Waals surface area contributed by atoms with E-state index in [0.717, 1.165) is 43.4 Å². The van der Waals surface area contributed by atoms with Crippen molar-refractivity contribution in [2.24, 2.45) is 0 Å². The molecule has 0 fully saturated rings. The van der Waals surface area contributed by atoms with Gasteiger partial charge in [0.1, 0.15) is 11.5 Å². The third-order valence-electron chi connectivity index (χ3n) is 4.58. The summed E-state index contributed by atoms with van der Waals surface area (Å²) < 4.78 is 11.2. The topological polar surface area (TPSA) is 61.5 Å². The van der Waals surface area contributed by atoms with Gasteiger partial charge in [0.25, 0.3) is 0 Å². The molecule has 0 heterocycles. The van der Waals surface area contributed by atoms with Gasteiger partial charge in [-0.1, -0.05) is 19.4 Å². The summed E-state index contributed by atoms with van der Waals surface area (Å²) >= 11 is 0. The van der Waals surface area contributed by atoms with Gasteiger partial charge in [-0.25, -0.2) is 0 Å². The Labute approximate surface area is 148 Å². The van der Waals surface area contributed by atoms with Gasteiger partial charge in [0.15, 0.2) is 0 Å². The Hall–Kier alpha value is -2.49. The molecule has 1 aliphatic rings. The quantitative estimate of drug-likeness (QED) is 0.365. The zero-order chi connectivity index (χ0) is 17.6. The molecule has 3 rings (SSSR count). The maximum Gasteiger partial charge on any atom is 0.318 e. The van der Waals surface area contributed by atoms with E-state index in [9.17, 15) is 4.79 Å². The molecule has 2 aromatic carbocycles. The molecular formula is C21H25NO3. The fourth-order valence-corrected chi connectivity index (χ4v) is 3.19. The number of carbonyl (C=O) groups is 1. The fraction of sp³-hybridized carbons (Fsp3) is 0.381. The highest BCUT2D eigenvalue weighted by molar-refractivity contribution is 5.81. The average Bonchev–Trinajstić information content (AvgIpc) is 2.62. The molecule has 132 valence electrons. The minimum atomic E-state index is -0.243. The van der Waals surface area contributed by atoms with Gasteiger partial charge in [0.05, 0.1) is 12.5 Å². The van der Waals surface area contributed by atoms with E-state index in [0.29, 0.717) is 18.0 Å². The Bertz CT molecular complexity index is 724. The number of unbranched alkanes of at least 4 members (excludes halogenated alkanes) is 1. The van der Waals surface area contributed by atoms with Crippen molar-refractivity contribution in [1.29, 1.82) is 0 Å². The molecule has 2 aromatic rings. The van der Waals surface area contributed by atoms with Crippen molar-refractivity contribution in [2.45, 2.75) is 44.9 Å². The number of esters is 1. The lowest BCUT2D eigenvalue weighted by molar-refractivity contribution is -0.136. The monoisotopic (exact) mass is 339 g/mol. The predicted molar refractivity (Wildman–Crippen MR) is 99.0 cm³/mol. The van der Waals surface area contributed by atoms with Crippen LogP contribution in [-0.4, -0.2) is 12.6 Å². The molecule has 2 N–H and O–H groups in total. The maximum atomic E-state index is 12.6. The molecule has 25 heavy (non-hydrogen) atoms. The van der Waals surface area contributed by atoms with Crippen molar-refractivity contribution in [3.63, 3.8) is 0 Å². The Morgan fingerprint density at radius 3 is 2.68 bits per heavy atom. The summed E-state index contributed by atoms with van der Waals surface area (Å²) in [5.41, 5.74) is 8.79. The Kier molecular flexibility index (Phi) is 5.59. The number of nitrogen functional groups attached to an aromatic ring is 1. The summed E-state index contributed by atoms with van der Waals surface area (Å²) in [6.45, 7) is 2.83. The van der Waals surface area contributed by atoms with Gasteiger partial charge < -0.3 is 15.2 Å². The Morgan fingerprint density at radius 1 is 1.16 bits per heavy atom. The van der Waals surface area contributed by atoms with Crippen LogP contribution in [0.15, 0.2) is 42.5 Å². The van der Waals surface area contributed by atoms with Crippen LogP contribution < -0.4 is 15.2 Å². The van der Waals surface area contributed by atoms with E-state index in [1.807, 2.05) is 30.3 Å². The maximum absolute atomic E-state index is 12.6. The lowest BCUT2D eigenvalue weighted by atomic mass is 9.82. The average molecular weight is 339 g/mol. The number of nitrogens with two attached hydrogens (primary N) is 1. The minimum absolute atomic E-state index is 0.216. The second-order valence-corrected chi connectivity index (χ2v) is 6.50. The van der Waals surface area contributed by atoms with Crippen LogP contribution in [0.4, 0.5) is 5.69 Å². The highest BCUT2D eigenvalue weighted by Crippen LogP contribution is 2.34. The van der Waals surface area contributed by atoms with Gasteiger partial charge >= 0.3 is 5.97 Å². The largest absolute Gasteiger partial charge is 0.494 e. The van der Waals surface area contributed by atoms with E-state index in [-0.39, 0.29) is 11.9 Å². The molecule has 0 aliphatic heterocycles. The summed E-state index contributed by atoms with van der Waals surface area (Å²) in [5, 5.41) is 0. The number of rotatable bonds is 6. The highest BCUT2D eigenvalue weighted by atomic mass is 16.5. The first kappa shape index (κ1) is 17.3. The highest BCUT2D eigenvalue weighted by Gasteiger charge is 2.28. The van der Waals surface area contributed by atoms with Gasteiger partial charge in [0.2, 0.25) is 0 Å². The predicted octanol–water partition coefficient (Wildman–Crippen LogP) is 4.47. The summed E-state index contributed by atoms with van der Waals surface area (Å²) in [5.74, 6) is 0.881. The van der Waals surface area contributed by atoms with Gasteiger partial charge in [-0.2, -0.15) is 0 Å². The molecule has 0 bridgehead atoms. The fourth-order valence-electron chi connectivity index (χ4n) is 3.19. The molecule has 0 amide bonds. The zero-order valence-electron chi connectivity index (χ0n) is 14.7. The molecule has 0 radical (unpaired) electrons. The number of anilines is 1. The van der Waals surface area contributed by atoms with Crippen LogP contribution in [0, 0.1) is 0 Å². The number of carbonyl (C=O) groups excluding carboxylic acids is 1. The van der Waals surface area contributed by atoms with Crippen molar-refractivity contribution >= 4 is 11.7 Å². The van der Waals surface area contributed by atoms with Crippen molar-refractivity contribution in [1.82, 2.24) is 0 Å². The van der Waals surface area contributed by atoms with E-state index in [2.05, 4.69) is 6.92 Å². The third kappa shape index (κ3) is 4.32. The lowest BCUT2D eigenvalue weighted by Gasteiger charge is -2.24. The van der Waals surface area contributed by atoms with Crippen LogP contribution in [-0.2, 0) is 11.2 Å². The molecule has 0 aromatic heterocycles. The normalized spacial score (nSPS) is 16.1. The molecule has 1 atom stereocenters. The SMILES string of the molecule is CCCCOc1ccc(OC(=O)C2CCCc3ccc(N)cc32)cc1. The van der Waals surface area contributed by atoms with Crippen LogP contribution in [0.5, 0.6) is 11.5 Å². The van der Waals surface area contributed by atoms with E-state index in [1.54, 1.807) is 12.1 Å². The van der Waals surface area contributed by atoms with Crippen molar-refractivity contribution < 1.29 is 14.3 Å². The number of fused-ring (bicyclic) bond motifs is 1. The molecule has 4 heteroatoms. The van der Waals surface area contributed by atoms with E-state index >= 15 is 0 Å². The van der Waals surface area contributed by atoms with Crippen molar-refractivity contribution in [3.8, 4) is 11.5 Å². The minimum Gasteiger partial charge on any atom is -0.494 e. The number of ether oxygens (including phenoxy) is 2. The molecular weight excluding hydrogens is 314 g/mol. The van der Waals surface area contributed by atoms with E-state index < -0.39 is 0 Å². The molecule has 4 nitrogen and oxygen atoms in total.